The number of nitrogens with zero attached hydrogens (tertiary/aromatic N) is 4. The van der Waals surface area contributed by atoms with Crippen LogP contribution in [0.1, 0.15) is 24.3 Å². The predicted molar refractivity (Wildman–Crippen MR) is 74.5 cm³/mol. The SMILES string of the molecule is CCN(Cc1ccc(C)o1)c1ncnc2oc(C)nc12. The van der Waals surface area contributed by atoms with E-state index in [1.54, 1.807) is 6.92 Å². The number of hydrogen-bond acceptors (Lipinski definition) is 6. The van der Waals surface area contributed by atoms with Gasteiger partial charge in [0, 0.05) is 13.5 Å². The maximum absolute atomic E-state index is 5.63. The number of aromatic nitrogens is 3. The molecular formula is C14H16N4O2. The van der Waals surface area contributed by atoms with E-state index < -0.39 is 0 Å². The Morgan fingerprint density at radius 3 is 2.70 bits per heavy atom. The highest BCUT2D eigenvalue weighted by Crippen LogP contribution is 2.24. The summed E-state index contributed by atoms with van der Waals surface area (Å²) in [5.41, 5.74) is 1.21. The first-order valence-corrected chi connectivity index (χ1v) is 6.55. The first kappa shape index (κ1) is 12.7. The topological polar surface area (TPSA) is 68.2 Å². The van der Waals surface area contributed by atoms with Crippen molar-refractivity contribution in [3.8, 4) is 0 Å². The van der Waals surface area contributed by atoms with Gasteiger partial charge in [-0.05, 0) is 26.0 Å². The summed E-state index contributed by atoms with van der Waals surface area (Å²) in [5.74, 6) is 3.16. The number of fused-ring (bicyclic) bond motifs is 1. The molecule has 104 valence electrons. The molecule has 0 aliphatic rings. The van der Waals surface area contributed by atoms with E-state index in [0.717, 1.165) is 23.9 Å². The molecule has 0 saturated carbocycles. The zero-order chi connectivity index (χ0) is 14.1. The van der Waals surface area contributed by atoms with Gasteiger partial charge in [0.2, 0.25) is 0 Å². The third kappa shape index (κ3) is 2.24. The van der Waals surface area contributed by atoms with Gasteiger partial charge in [-0.25, -0.2) is 9.97 Å². The van der Waals surface area contributed by atoms with Crippen molar-refractivity contribution in [3.63, 3.8) is 0 Å². The fourth-order valence-electron chi connectivity index (χ4n) is 2.17. The molecule has 0 N–H and O–H groups in total. The van der Waals surface area contributed by atoms with Crippen LogP contribution in [-0.2, 0) is 6.54 Å². The summed E-state index contributed by atoms with van der Waals surface area (Å²) in [6, 6.07) is 3.93. The number of furan rings is 1. The van der Waals surface area contributed by atoms with Crippen molar-refractivity contribution in [1.82, 2.24) is 15.0 Å². The molecule has 3 aromatic heterocycles. The molecule has 3 heterocycles. The summed E-state index contributed by atoms with van der Waals surface area (Å²) < 4.78 is 11.1. The van der Waals surface area contributed by atoms with Gasteiger partial charge in [-0.3, -0.25) is 0 Å². The van der Waals surface area contributed by atoms with Crippen molar-refractivity contribution >= 4 is 17.0 Å². The molecule has 0 aliphatic heterocycles. The average Bonchev–Trinajstić information content (AvgIpc) is 3.00. The largest absolute Gasteiger partial charge is 0.464 e. The van der Waals surface area contributed by atoms with Gasteiger partial charge in [0.1, 0.15) is 17.8 Å². The molecule has 0 fully saturated rings. The van der Waals surface area contributed by atoms with Crippen LogP contribution in [0.15, 0.2) is 27.3 Å². The standard InChI is InChI=1S/C14H16N4O2/c1-4-18(7-11-6-5-9(2)19-11)13-12-14(16-8-15-13)20-10(3)17-12/h5-6,8H,4,7H2,1-3H3. The van der Waals surface area contributed by atoms with Crippen LogP contribution in [0, 0.1) is 13.8 Å². The molecule has 3 aromatic rings. The minimum absolute atomic E-state index is 0.515. The second kappa shape index (κ2) is 4.96. The molecule has 6 nitrogen and oxygen atoms in total. The Morgan fingerprint density at radius 1 is 1.15 bits per heavy atom. The van der Waals surface area contributed by atoms with Crippen molar-refractivity contribution in [1.29, 1.82) is 0 Å². The van der Waals surface area contributed by atoms with Gasteiger partial charge in [-0.2, -0.15) is 4.98 Å². The van der Waals surface area contributed by atoms with Crippen LogP contribution in [0.5, 0.6) is 0 Å². The summed E-state index contributed by atoms with van der Waals surface area (Å²) >= 11 is 0. The Labute approximate surface area is 116 Å². The van der Waals surface area contributed by atoms with E-state index in [0.29, 0.717) is 23.7 Å². The third-order valence-corrected chi connectivity index (χ3v) is 3.11. The van der Waals surface area contributed by atoms with E-state index in [4.69, 9.17) is 8.83 Å². The van der Waals surface area contributed by atoms with Crippen molar-refractivity contribution in [2.24, 2.45) is 0 Å². The van der Waals surface area contributed by atoms with Gasteiger partial charge in [0.15, 0.2) is 17.2 Å². The minimum atomic E-state index is 0.515. The monoisotopic (exact) mass is 272 g/mol. The van der Waals surface area contributed by atoms with Gasteiger partial charge in [-0.15, -0.1) is 0 Å². The normalized spacial score (nSPS) is 11.2. The molecule has 20 heavy (non-hydrogen) atoms. The smallest absolute Gasteiger partial charge is 0.252 e. The Balaban J connectivity index is 1.98. The van der Waals surface area contributed by atoms with E-state index >= 15 is 0 Å². The van der Waals surface area contributed by atoms with Crippen LogP contribution in [-0.4, -0.2) is 21.5 Å². The van der Waals surface area contributed by atoms with E-state index in [-0.39, 0.29) is 0 Å². The van der Waals surface area contributed by atoms with Gasteiger partial charge >= 0.3 is 0 Å². The third-order valence-electron chi connectivity index (χ3n) is 3.11. The first-order valence-electron chi connectivity index (χ1n) is 6.55. The molecule has 3 rings (SSSR count). The lowest BCUT2D eigenvalue weighted by molar-refractivity contribution is 0.478. The van der Waals surface area contributed by atoms with Crippen molar-refractivity contribution < 1.29 is 8.83 Å². The second-order valence-corrected chi connectivity index (χ2v) is 4.61. The summed E-state index contributed by atoms with van der Waals surface area (Å²) in [4.78, 5) is 14.9. The minimum Gasteiger partial charge on any atom is -0.464 e. The zero-order valence-electron chi connectivity index (χ0n) is 11.8. The lowest BCUT2D eigenvalue weighted by Crippen LogP contribution is -2.23. The van der Waals surface area contributed by atoms with Crippen LogP contribution < -0.4 is 4.90 Å². The van der Waals surface area contributed by atoms with Crippen LogP contribution in [0.2, 0.25) is 0 Å². The van der Waals surface area contributed by atoms with E-state index in [1.165, 1.54) is 6.33 Å². The fraction of sp³-hybridized carbons (Fsp3) is 0.357. The van der Waals surface area contributed by atoms with E-state index in [9.17, 15) is 0 Å². The second-order valence-electron chi connectivity index (χ2n) is 4.61. The molecule has 0 spiro atoms. The Kier molecular flexibility index (Phi) is 3.14. The molecule has 0 saturated heterocycles. The molecule has 0 atom stereocenters. The highest BCUT2D eigenvalue weighted by Gasteiger charge is 2.16. The predicted octanol–water partition coefficient (Wildman–Crippen LogP) is 2.85. The Bertz CT molecular complexity index is 732. The molecule has 0 bridgehead atoms. The van der Waals surface area contributed by atoms with Gasteiger partial charge in [-0.1, -0.05) is 0 Å². The maximum Gasteiger partial charge on any atom is 0.252 e. The summed E-state index contributed by atoms with van der Waals surface area (Å²) in [6.07, 6.45) is 1.50. The maximum atomic E-state index is 5.63. The number of rotatable bonds is 4. The highest BCUT2D eigenvalue weighted by atomic mass is 16.4. The number of oxazole rings is 1. The average molecular weight is 272 g/mol. The summed E-state index contributed by atoms with van der Waals surface area (Å²) in [5, 5.41) is 0. The molecule has 0 amide bonds. The summed E-state index contributed by atoms with van der Waals surface area (Å²) in [6.45, 7) is 7.23. The number of aryl methyl sites for hydroxylation is 2. The Morgan fingerprint density at radius 2 is 2.00 bits per heavy atom. The zero-order valence-corrected chi connectivity index (χ0v) is 11.8. The highest BCUT2D eigenvalue weighted by molar-refractivity contribution is 5.81. The van der Waals surface area contributed by atoms with Crippen molar-refractivity contribution in [2.75, 3.05) is 11.4 Å². The van der Waals surface area contributed by atoms with Crippen LogP contribution >= 0.6 is 0 Å². The molecule has 6 heteroatoms. The molecular weight excluding hydrogens is 256 g/mol. The van der Waals surface area contributed by atoms with Gasteiger partial charge in [0.25, 0.3) is 5.71 Å². The lowest BCUT2D eigenvalue weighted by Gasteiger charge is -2.20. The van der Waals surface area contributed by atoms with Gasteiger partial charge in [0.05, 0.1) is 6.54 Å². The van der Waals surface area contributed by atoms with Gasteiger partial charge < -0.3 is 13.7 Å². The van der Waals surface area contributed by atoms with Crippen LogP contribution in [0.4, 0.5) is 5.82 Å². The van der Waals surface area contributed by atoms with Crippen LogP contribution in [0.3, 0.4) is 0 Å². The quantitative estimate of drug-likeness (QED) is 0.727. The molecule has 0 radical (unpaired) electrons. The molecule has 0 aromatic carbocycles. The molecule has 0 aliphatic carbocycles. The van der Waals surface area contributed by atoms with Crippen molar-refractivity contribution in [3.05, 3.63) is 35.9 Å². The lowest BCUT2D eigenvalue weighted by atomic mass is 10.3. The van der Waals surface area contributed by atoms with Crippen molar-refractivity contribution in [2.45, 2.75) is 27.3 Å². The number of hydrogen-bond donors (Lipinski definition) is 0. The molecule has 0 unspecified atom stereocenters. The van der Waals surface area contributed by atoms with E-state index in [2.05, 4.69) is 26.8 Å². The van der Waals surface area contributed by atoms with E-state index in [1.807, 2.05) is 19.1 Å². The fourth-order valence-corrected chi connectivity index (χ4v) is 2.17. The first-order chi connectivity index (χ1) is 9.67. The Hall–Kier alpha value is -2.37. The summed E-state index contributed by atoms with van der Waals surface area (Å²) in [7, 11) is 0. The van der Waals surface area contributed by atoms with Crippen LogP contribution in [0.25, 0.3) is 11.2 Å². The number of anilines is 1.